The maximum atomic E-state index is 2.71. The summed E-state index contributed by atoms with van der Waals surface area (Å²) in [5.74, 6) is 2.56. The molecule has 3 heterocycles. The van der Waals surface area contributed by atoms with Crippen molar-refractivity contribution < 1.29 is 0 Å². The van der Waals surface area contributed by atoms with Gasteiger partial charge in [0.15, 0.2) is 0 Å². The smallest absolute Gasteiger partial charge is 0.0614 e. The third kappa shape index (κ3) is 2.64. The second kappa shape index (κ2) is 6.85. The molecule has 0 aliphatic carbocycles. The lowest BCUT2D eigenvalue weighted by Gasteiger charge is -2.15. The van der Waals surface area contributed by atoms with Gasteiger partial charge in [0.1, 0.15) is 23.4 Å². The van der Waals surface area contributed by atoms with Crippen LogP contribution in [0.4, 0.5) is 0 Å². The van der Waals surface area contributed by atoms with Crippen molar-refractivity contribution in [2.75, 3.05) is 0 Å². The number of benzene rings is 3. The van der Waals surface area contributed by atoms with Gasteiger partial charge < -0.3 is 0 Å². The van der Waals surface area contributed by atoms with E-state index in [-0.39, 0.29) is 13.8 Å². The van der Waals surface area contributed by atoms with Gasteiger partial charge in [0, 0.05) is 27.1 Å². The SMILES string of the molecule is C1=P[P+](p2pc3ccccc3[pH+]2)(p2cpc3ccccc32)c2ccccc21. The molecule has 0 saturated heterocycles. The molecule has 6 rings (SSSR count). The molecule has 2 aromatic heterocycles. The highest BCUT2D eigenvalue weighted by Crippen LogP contribution is 3.05. The fraction of sp³-hybridized carbons (Fsp3) is 0. The molecule has 0 amide bonds. The number of hydrogen-bond donors (Lipinski definition) is 0. The lowest BCUT2D eigenvalue weighted by molar-refractivity contribution is 1.75. The summed E-state index contributed by atoms with van der Waals surface area (Å²) in [6.07, 6.45) is -1.26. The Labute approximate surface area is 167 Å². The van der Waals surface area contributed by atoms with Crippen LogP contribution in [-0.4, -0.2) is 5.80 Å². The molecule has 0 bridgehead atoms. The fourth-order valence-corrected chi connectivity index (χ4v) is 53.4. The average Bonchev–Trinajstić information content (AvgIpc) is 3.43. The van der Waals surface area contributed by atoms with Crippen LogP contribution >= 0.6 is 52.0 Å². The summed E-state index contributed by atoms with van der Waals surface area (Å²) in [4.78, 5) is 0. The van der Waals surface area contributed by atoms with Gasteiger partial charge >= 0.3 is 0 Å². The van der Waals surface area contributed by atoms with Crippen molar-refractivity contribution in [3.63, 3.8) is 0 Å². The molecule has 5 aromatic rings. The average molecular weight is 472 g/mol. The van der Waals surface area contributed by atoms with Gasteiger partial charge in [-0.05, 0) is 30.3 Å². The Kier molecular flexibility index (Phi) is 4.44. The summed E-state index contributed by atoms with van der Waals surface area (Å²) in [6, 6.07) is 27.9. The van der Waals surface area contributed by atoms with Crippen molar-refractivity contribution >= 4 is 83.5 Å². The zero-order valence-electron chi connectivity index (χ0n) is 14.3. The first kappa shape index (κ1) is 17.5. The van der Waals surface area contributed by atoms with Gasteiger partial charge in [0.2, 0.25) is 14.2 Å². The molecule has 27 heavy (non-hydrogen) atoms. The molecule has 7 heteroatoms. The quantitative estimate of drug-likeness (QED) is 0.224. The summed E-state index contributed by atoms with van der Waals surface area (Å²) >= 11 is 0. The third-order valence-electron chi connectivity index (χ3n) is 4.94. The molecule has 0 saturated carbocycles. The minimum Gasteiger partial charge on any atom is -0.0614 e. The summed E-state index contributed by atoms with van der Waals surface area (Å²) in [5.41, 5.74) is 4.24. The van der Waals surface area contributed by atoms with Crippen molar-refractivity contribution in [3.8, 4) is 0 Å². The Morgan fingerprint density at radius 1 is 0.815 bits per heavy atom. The molecule has 0 spiro atoms. The fourth-order valence-electron chi connectivity index (χ4n) is 3.68. The van der Waals surface area contributed by atoms with Crippen molar-refractivity contribution in [3.05, 3.63) is 83.9 Å². The topological polar surface area (TPSA) is 0 Å². The maximum absolute atomic E-state index is 2.71. The van der Waals surface area contributed by atoms with E-state index in [1.165, 1.54) is 13.8 Å². The highest BCUT2D eigenvalue weighted by atomic mass is 32.9. The van der Waals surface area contributed by atoms with Crippen LogP contribution in [0, 0.1) is 0 Å². The molecule has 0 N–H and O–H groups in total. The van der Waals surface area contributed by atoms with Gasteiger partial charge in [-0.2, -0.15) is 0 Å². The van der Waals surface area contributed by atoms with Crippen molar-refractivity contribution in [2.24, 2.45) is 0 Å². The molecule has 0 radical (unpaired) electrons. The van der Waals surface area contributed by atoms with Crippen molar-refractivity contribution in [1.82, 2.24) is 0 Å². The van der Waals surface area contributed by atoms with E-state index in [9.17, 15) is 0 Å². The number of hydrogen-bond acceptors (Lipinski definition) is 0. The highest BCUT2D eigenvalue weighted by Gasteiger charge is 2.55. The van der Waals surface area contributed by atoms with Crippen LogP contribution in [0.3, 0.4) is 0 Å². The lowest BCUT2D eigenvalue weighted by Crippen LogP contribution is -2.02. The second-order valence-electron chi connectivity index (χ2n) is 6.47. The van der Waals surface area contributed by atoms with Crippen molar-refractivity contribution in [1.29, 1.82) is 0 Å². The first-order valence-electron chi connectivity index (χ1n) is 8.71. The highest BCUT2D eigenvalue weighted by molar-refractivity contribution is 8.98. The van der Waals surface area contributed by atoms with Crippen LogP contribution in [-0.2, 0) is 0 Å². The number of rotatable bonds is 2. The van der Waals surface area contributed by atoms with Gasteiger partial charge in [-0.1, -0.05) is 50.7 Å². The Morgan fingerprint density at radius 2 is 1.59 bits per heavy atom. The van der Waals surface area contributed by atoms with E-state index >= 15 is 0 Å². The lowest BCUT2D eigenvalue weighted by atomic mass is 10.2. The first-order chi connectivity index (χ1) is 13.4. The molecule has 0 fully saturated rings. The molecule has 3 aromatic carbocycles. The van der Waals surface area contributed by atoms with Gasteiger partial charge in [-0.3, -0.25) is 0 Å². The normalized spacial score (nSPS) is 21.2. The van der Waals surface area contributed by atoms with Crippen LogP contribution in [0.15, 0.2) is 78.3 Å². The van der Waals surface area contributed by atoms with E-state index in [4.69, 9.17) is 0 Å². The monoisotopic (exact) mass is 472 g/mol. The van der Waals surface area contributed by atoms with Gasteiger partial charge in [-0.25, -0.2) is 0 Å². The van der Waals surface area contributed by atoms with Gasteiger partial charge in [-0.15, -0.1) is 0 Å². The maximum Gasteiger partial charge on any atom is 0.275 e. The van der Waals surface area contributed by atoms with Gasteiger partial charge in [0.25, 0.3) is 6.58 Å². The zero-order valence-corrected chi connectivity index (χ0v) is 20.6. The van der Waals surface area contributed by atoms with Crippen LogP contribution < -0.4 is 5.30 Å². The molecule has 4 atom stereocenters. The Bertz CT molecular complexity index is 1310. The van der Waals surface area contributed by atoms with Crippen molar-refractivity contribution in [2.45, 2.75) is 0 Å². The predicted molar refractivity (Wildman–Crippen MR) is 138 cm³/mol. The summed E-state index contributed by atoms with van der Waals surface area (Å²) in [6.45, 7) is -0.0188. The largest absolute Gasteiger partial charge is 0.275 e. The zero-order chi connectivity index (χ0) is 17.8. The summed E-state index contributed by atoms with van der Waals surface area (Å²) in [5, 5.41) is 8.23. The number of fused-ring (bicyclic) bond motifs is 3. The van der Waals surface area contributed by atoms with E-state index < -0.39 is 6.33 Å². The second-order valence-corrected chi connectivity index (χ2v) is 31.9. The Balaban J connectivity index is 1.74. The molecule has 0 nitrogen and oxygen atoms in total. The molecular formula is C20H15P7+2. The first-order valence-corrected chi connectivity index (χ1v) is 20.7. The van der Waals surface area contributed by atoms with E-state index in [2.05, 4.69) is 84.1 Å². The standard InChI is InChI=1S/C20H14P7/c1-6-12-20-15(7-1)13-22-27(20,25-14-21-18-10-4-5-11-19(18)25)26-23-16-8-2-3-9-17(16)24-26/h1-14H/q+1/p+1. The van der Waals surface area contributed by atoms with Crippen LogP contribution in [0.5, 0.6) is 0 Å². The van der Waals surface area contributed by atoms with E-state index in [0.717, 1.165) is 7.87 Å². The predicted octanol–water partition coefficient (Wildman–Crippen LogP) is 10.0. The molecule has 1 aliphatic heterocycles. The molecule has 4 unspecified atom stereocenters. The molecular weight excluding hydrogens is 457 g/mol. The van der Waals surface area contributed by atoms with Crippen LogP contribution in [0.25, 0.3) is 20.5 Å². The minimum atomic E-state index is -1.26. The van der Waals surface area contributed by atoms with Crippen LogP contribution in [0.1, 0.15) is 5.56 Å². The van der Waals surface area contributed by atoms with E-state index in [1.54, 1.807) is 41.5 Å². The molecule has 1 aliphatic rings. The third-order valence-corrected chi connectivity index (χ3v) is 46.3. The Hall–Kier alpha value is -0.370. The van der Waals surface area contributed by atoms with Crippen LogP contribution in [0.2, 0.25) is 0 Å². The Morgan fingerprint density at radius 3 is 2.52 bits per heavy atom. The molecule has 128 valence electrons. The summed E-state index contributed by atoms with van der Waals surface area (Å²) < 4.78 is 0. The van der Waals surface area contributed by atoms with Gasteiger partial charge in [0.05, 0.1) is 15.1 Å². The summed E-state index contributed by atoms with van der Waals surface area (Å²) in [7, 11) is 5.57. The van der Waals surface area contributed by atoms with E-state index in [0.29, 0.717) is 0 Å². The minimum absolute atomic E-state index is 0.0188. The van der Waals surface area contributed by atoms with E-state index in [1.807, 2.05) is 0 Å².